The molecule has 0 aliphatic carbocycles. The molecule has 0 aliphatic rings. The Kier molecular flexibility index (Phi) is 6.77. The van der Waals surface area contributed by atoms with Gasteiger partial charge in [-0.1, -0.05) is 27.7 Å². The second-order valence-corrected chi connectivity index (χ2v) is 6.31. The number of nitrogens with zero attached hydrogens (tertiary/aromatic N) is 1. The Hall–Kier alpha value is -0.800. The van der Waals surface area contributed by atoms with Gasteiger partial charge in [-0.15, -0.1) is 0 Å². The maximum atomic E-state index is 6.30. The number of furan rings is 1. The maximum absolute atomic E-state index is 6.30. The van der Waals surface area contributed by atoms with Crippen molar-refractivity contribution in [2.75, 3.05) is 6.54 Å². The van der Waals surface area contributed by atoms with E-state index in [9.17, 15) is 0 Å². The third-order valence-corrected chi connectivity index (χ3v) is 3.90. The summed E-state index contributed by atoms with van der Waals surface area (Å²) in [7, 11) is 0. The summed E-state index contributed by atoms with van der Waals surface area (Å²) in [5.41, 5.74) is 6.30. The molecule has 2 atom stereocenters. The fourth-order valence-electron chi connectivity index (χ4n) is 3.01. The van der Waals surface area contributed by atoms with Crippen LogP contribution in [0, 0.1) is 12.8 Å². The first-order valence-electron chi connectivity index (χ1n) is 7.98. The van der Waals surface area contributed by atoms with E-state index in [-0.39, 0.29) is 12.1 Å². The van der Waals surface area contributed by atoms with Crippen LogP contribution in [-0.2, 0) is 0 Å². The highest BCUT2D eigenvalue weighted by atomic mass is 16.3. The number of hydrogen-bond donors (Lipinski definition) is 1. The highest BCUT2D eigenvalue weighted by molar-refractivity contribution is 5.12. The third kappa shape index (κ3) is 4.35. The Morgan fingerprint density at radius 3 is 2.10 bits per heavy atom. The van der Waals surface area contributed by atoms with Gasteiger partial charge in [0.1, 0.15) is 11.5 Å². The van der Waals surface area contributed by atoms with E-state index < -0.39 is 0 Å². The lowest BCUT2D eigenvalue weighted by molar-refractivity contribution is 0.0816. The monoisotopic (exact) mass is 280 g/mol. The van der Waals surface area contributed by atoms with Crippen molar-refractivity contribution < 1.29 is 4.42 Å². The van der Waals surface area contributed by atoms with E-state index in [4.69, 9.17) is 10.2 Å². The summed E-state index contributed by atoms with van der Waals surface area (Å²) in [6.45, 7) is 14.2. The Balaban J connectivity index is 3.10. The van der Waals surface area contributed by atoms with Crippen LogP contribution in [0.4, 0.5) is 0 Å². The smallest absolute Gasteiger partial charge is 0.122 e. The van der Waals surface area contributed by atoms with Crippen LogP contribution in [0.3, 0.4) is 0 Å². The number of aryl methyl sites for hydroxylation is 1. The van der Waals surface area contributed by atoms with Gasteiger partial charge in [0.2, 0.25) is 0 Å². The van der Waals surface area contributed by atoms with Crippen molar-refractivity contribution in [3.05, 3.63) is 23.7 Å². The van der Waals surface area contributed by atoms with E-state index in [0.717, 1.165) is 30.9 Å². The minimum atomic E-state index is 0.0555. The van der Waals surface area contributed by atoms with Crippen molar-refractivity contribution >= 4 is 0 Å². The van der Waals surface area contributed by atoms with Crippen LogP contribution in [0.25, 0.3) is 0 Å². The highest BCUT2D eigenvalue weighted by Gasteiger charge is 2.31. The molecule has 0 bridgehead atoms. The van der Waals surface area contributed by atoms with Crippen molar-refractivity contribution in [3.63, 3.8) is 0 Å². The number of hydrogen-bond acceptors (Lipinski definition) is 3. The molecule has 2 unspecified atom stereocenters. The highest BCUT2D eigenvalue weighted by Crippen LogP contribution is 2.30. The van der Waals surface area contributed by atoms with E-state index in [1.54, 1.807) is 0 Å². The molecule has 0 radical (unpaired) electrons. The molecule has 0 saturated carbocycles. The minimum absolute atomic E-state index is 0.0555. The number of rotatable bonds is 8. The summed E-state index contributed by atoms with van der Waals surface area (Å²) in [5, 5.41) is 0. The summed E-state index contributed by atoms with van der Waals surface area (Å²) in [5.74, 6) is 2.58. The van der Waals surface area contributed by atoms with Gasteiger partial charge >= 0.3 is 0 Å². The van der Waals surface area contributed by atoms with Gasteiger partial charge in [0.05, 0.1) is 6.04 Å². The van der Waals surface area contributed by atoms with E-state index in [0.29, 0.717) is 12.0 Å². The first kappa shape index (κ1) is 17.3. The van der Waals surface area contributed by atoms with Crippen molar-refractivity contribution in [3.8, 4) is 0 Å². The normalized spacial score (nSPS) is 15.3. The van der Waals surface area contributed by atoms with Gasteiger partial charge < -0.3 is 10.2 Å². The Bertz CT molecular complexity index is 380. The van der Waals surface area contributed by atoms with E-state index >= 15 is 0 Å². The molecular formula is C17H32N2O. The Morgan fingerprint density at radius 1 is 1.15 bits per heavy atom. The van der Waals surface area contributed by atoms with Crippen molar-refractivity contribution in [2.45, 2.75) is 72.5 Å². The van der Waals surface area contributed by atoms with Crippen LogP contribution in [0.5, 0.6) is 0 Å². The van der Waals surface area contributed by atoms with E-state index in [1.807, 2.05) is 13.0 Å². The van der Waals surface area contributed by atoms with Crippen molar-refractivity contribution in [2.24, 2.45) is 11.7 Å². The summed E-state index contributed by atoms with van der Waals surface area (Å²) >= 11 is 0. The van der Waals surface area contributed by atoms with E-state index in [1.165, 1.54) is 0 Å². The summed E-state index contributed by atoms with van der Waals surface area (Å²) in [6, 6.07) is 4.89. The molecule has 1 aromatic heterocycles. The minimum Gasteiger partial charge on any atom is -0.465 e. The molecule has 0 aliphatic heterocycles. The second-order valence-electron chi connectivity index (χ2n) is 6.31. The maximum Gasteiger partial charge on any atom is 0.122 e. The summed E-state index contributed by atoms with van der Waals surface area (Å²) < 4.78 is 5.89. The summed E-state index contributed by atoms with van der Waals surface area (Å²) in [6.07, 6.45) is 2.29. The second kappa shape index (κ2) is 7.84. The molecule has 3 heteroatoms. The fourth-order valence-corrected chi connectivity index (χ4v) is 3.01. The third-order valence-electron chi connectivity index (χ3n) is 3.90. The SMILES string of the molecule is CCC(CC)N(CC(C)C)C(c1ccc(C)o1)C(C)N. The van der Waals surface area contributed by atoms with Crippen molar-refractivity contribution in [1.82, 2.24) is 4.90 Å². The zero-order valence-corrected chi connectivity index (χ0v) is 14.0. The topological polar surface area (TPSA) is 42.4 Å². The Morgan fingerprint density at radius 2 is 1.75 bits per heavy atom. The quantitative estimate of drug-likeness (QED) is 0.778. The lowest BCUT2D eigenvalue weighted by Gasteiger charge is -2.39. The van der Waals surface area contributed by atoms with Crippen LogP contribution < -0.4 is 5.73 Å². The van der Waals surface area contributed by atoms with Crippen LogP contribution >= 0.6 is 0 Å². The van der Waals surface area contributed by atoms with Crippen LogP contribution in [0.15, 0.2) is 16.5 Å². The molecule has 0 fully saturated rings. The standard InChI is InChI=1S/C17H32N2O/c1-7-15(8-2)19(11-12(3)4)17(14(6)18)16-10-9-13(5)20-16/h9-10,12,14-15,17H,7-8,11,18H2,1-6H3. The molecule has 0 saturated heterocycles. The van der Waals surface area contributed by atoms with Gasteiger partial charge in [-0.2, -0.15) is 0 Å². The van der Waals surface area contributed by atoms with E-state index in [2.05, 4.69) is 45.6 Å². The van der Waals surface area contributed by atoms with Crippen molar-refractivity contribution in [1.29, 1.82) is 0 Å². The number of nitrogens with two attached hydrogens (primary N) is 1. The molecule has 1 aromatic rings. The first-order chi connectivity index (χ1) is 9.40. The van der Waals surface area contributed by atoms with Crippen LogP contribution in [0.1, 0.15) is 65.0 Å². The molecule has 0 amide bonds. The first-order valence-corrected chi connectivity index (χ1v) is 7.98. The lowest BCUT2D eigenvalue weighted by atomic mass is 9.99. The van der Waals surface area contributed by atoms with Crippen LogP contribution in [-0.4, -0.2) is 23.5 Å². The molecule has 2 N–H and O–H groups in total. The molecular weight excluding hydrogens is 248 g/mol. The van der Waals surface area contributed by atoms with Crippen LogP contribution in [0.2, 0.25) is 0 Å². The average molecular weight is 280 g/mol. The Labute approximate surface area is 124 Å². The van der Waals surface area contributed by atoms with Gasteiger partial charge in [0.25, 0.3) is 0 Å². The van der Waals surface area contributed by atoms with Gasteiger partial charge in [-0.3, -0.25) is 4.90 Å². The summed E-state index contributed by atoms with van der Waals surface area (Å²) in [4.78, 5) is 2.55. The molecule has 0 aromatic carbocycles. The molecule has 1 heterocycles. The zero-order valence-electron chi connectivity index (χ0n) is 14.0. The fraction of sp³-hybridized carbons (Fsp3) is 0.765. The predicted octanol–water partition coefficient (Wildman–Crippen LogP) is 4.12. The lowest BCUT2D eigenvalue weighted by Crippen LogP contribution is -2.46. The van der Waals surface area contributed by atoms with Gasteiger partial charge in [0.15, 0.2) is 0 Å². The molecule has 1 rings (SSSR count). The van der Waals surface area contributed by atoms with Gasteiger partial charge in [0, 0.05) is 18.6 Å². The predicted molar refractivity (Wildman–Crippen MR) is 85.7 cm³/mol. The largest absolute Gasteiger partial charge is 0.465 e. The van der Waals surface area contributed by atoms with Gasteiger partial charge in [-0.05, 0) is 44.7 Å². The van der Waals surface area contributed by atoms with Gasteiger partial charge in [-0.25, -0.2) is 0 Å². The molecule has 0 spiro atoms. The zero-order chi connectivity index (χ0) is 15.3. The average Bonchev–Trinajstić information content (AvgIpc) is 2.76. The molecule has 3 nitrogen and oxygen atoms in total. The molecule has 116 valence electrons. The molecule has 20 heavy (non-hydrogen) atoms.